The van der Waals surface area contributed by atoms with Gasteiger partial charge in [0.2, 0.25) is 5.88 Å². The third kappa shape index (κ3) is 7.81. The lowest BCUT2D eigenvalue weighted by Gasteiger charge is -2.43. The number of rotatable bonds is 13. The molecule has 0 saturated heterocycles. The molecule has 286 valence electrons. The molecule has 0 radical (unpaired) electrons. The first-order chi connectivity index (χ1) is 27.0. The Balaban J connectivity index is 1.02. The molecule has 1 N–H and O–H groups in total. The van der Waals surface area contributed by atoms with E-state index in [9.17, 15) is 9.90 Å². The van der Waals surface area contributed by atoms with Crippen LogP contribution in [0.15, 0.2) is 104 Å². The molecule has 1 amide bonds. The van der Waals surface area contributed by atoms with Crippen LogP contribution in [0, 0.1) is 12.7 Å². The summed E-state index contributed by atoms with van der Waals surface area (Å²) in [7, 11) is -1.20. The minimum absolute atomic E-state index is 0.0100. The molecule has 0 fully saturated rings. The molecule has 0 atom stereocenters. The highest BCUT2D eigenvalue weighted by Gasteiger charge is 2.50. The number of amides is 1. The Hall–Kier alpha value is -5.83. The summed E-state index contributed by atoms with van der Waals surface area (Å²) in [6.07, 6.45) is 3.72. The summed E-state index contributed by atoms with van der Waals surface area (Å²) < 4.78 is 34.0. The number of anilines is 1. The second-order valence-electron chi connectivity index (χ2n) is 14.3. The van der Waals surface area contributed by atoms with E-state index in [-0.39, 0.29) is 29.6 Å². The highest BCUT2D eigenvalue weighted by Crippen LogP contribution is 2.38. The van der Waals surface area contributed by atoms with Gasteiger partial charge >= 0.3 is 6.09 Å². The van der Waals surface area contributed by atoms with Crippen LogP contribution in [0.4, 0.5) is 14.9 Å². The van der Waals surface area contributed by atoms with Gasteiger partial charge in [-0.25, -0.2) is 34.1 Å². The van der Waals surface area contributed by atoms with E-state index in [1.807, 2.05) is 55.5 Å². The minimum atomic E-state index is -2.73. The molecule has 0 aliphatic heterocycles. The monoisotopic (exact) mass is 788 g/mol. The van der Waals surface area contributed by atoms with Crippen LogP contribution in [-0.2, 0) is 10.8 Å². The zero-order valence-corrected chi connectivity index (χ0v) is 33.5. The lowest BCUT2D eigenvalue weighted by Crippen LogP contribution is -2.66. The Bertz CT molecular complexity index is 2440. The average Bonchev–Trinajstić information content (AvgIpc) is 3.60. The number of nitrogens with zero attached hydrogens (tertiary/aromatic N) is 6. The number of hydrogen-bond donors (Lipinski definition) is 1. The Morgan fingerprint density at radius 3 is 2.18 bits per heavy atom. The fourth-order valence-electron chi connectivity index (χ4n) is 6.92. The minimum Gasteiger partial charge on any atom is -0.489 e. The van der Waals surface area contributed by atoms with Gasteiger partial charge in [0, 0.05) is 30.7 Å². The number of aromatic nitrogens is 5. The quantitative estimate of drug-likeness (QED) is 0.115. The van der Waals surface area contributed by atoms with Crippen LogP contribution in [0.5, 0.6) is 11.6 Å². The highest BCUT2D eigenvalue weighted by atomic mass is 32.1. The van der Waals surface area contributed by atoms with Crippen LogP contribution >= 0.6 is 11.3 Å². The fourth-order valence-corrected chi connectivity index (χ4v) is 12.5. The van der Waals surface area contributed by atoms with Crippen molar-refractivity contribution in [2.24, 2.45) is 0 Å². The maximum Gasteiger partial charge on any atom is 0.412 e. The summed E-state index contributed by atoms with van der Waals surface area (Å²) >= 11 is 1.37. The Morgan fingerprint density at radius 1 is 0.875 bits per heavy atom. The number of ether oxygens (including phenoxy) is 2. The van der Waals surface area contributed by atoms with Gasteiger partial charge in [-0.3, -0.25) is 4.90 Å². The maximum atomic E-state index is 15.3. The van der Waals surface area contributed by atoms with E-state index in [4.69, 9.17) is 13.9 Å². The van der Waals surface area contributed by atoms with Gasteiger partial charge < -0.3 is 19.0 Å². The number of thiazole rings is 1. The predicted octanol–water partition coefficient (Wildman–Crippen LogP) is 7.84. The van der Waals surface area contributed by atoms with E-state index in [2.05, 4.69) is 70.0 Å². The standard InChI is InChI=1S/C42H41FN6O5SSi/c1-27-20-31(39-34(21-27)47-38(52-5)26-46-39)40-48-33-22-32(43)35(23-36(33)55-40)53-19-17-49(41(50)51)28-24-44-37(45-25-28)16-18-54-56(42(2,3)4,29-12-8-6-9-13-29)30-14-10-7-11-15-30/h6-15,20-26H,16-19H2,1-5H3,(H,50,51). The predicted molar refractivity (Wildman–Crippen MR) is 220 cm³/mol. The normalized spacial score (nSPS) is 11.9. The van der Waals surface area contributed by atoms with Crippen LogP contribution in [0.25, 0.3) is 31.8 Å². The molecule has 3 heterocycles. The number of methoxy groups -OCH3 is 1. The molecule has 56 heavy (non-hydrogen) atoms. The molecule has 0 bridgehead atoms. The fraction of sp³-hybridized carbons (Fsp3) is 0.238. The molecular formula is C42H41FN6O5SSi. The first kappa shape index (κ1) is 38.4. The third-order valence-corrected chi connectivity index (χ3v) is 15.6. The summed E-state index contributed by atoms with van der Waals surface area (Å²) in [6, 6.07) is 27.6. The number of benzene rings is 4. The van der Waals surface area contributed by atoms with E-state index in [1.54, 1.807) is 12.3 Å². The second-order valence-corrected chi connectivity index (χ2v) is 19.6. The van der Waals surface area contributed by atoms with Crippen molar-refractivity contribution in [1.82, 2.24) is 24.9 Å². The lowest BCUT2D eigenvalue weighted by molar-refractivity contribution is 0.199. The van der Waals surface area contributed by atoms with E-state index in [0.717, 1.165) is 16.0 Å². The second kappa shape index (κ2) is 16.1. The highest BCUT2D eigenvalue weighted by molar-refractivity contribution is 7.21. The van der Waals surface area contributed by atoms with Crippen LogP contribution in [0.1, 0.15) is 32.2 Å². The molecule has 7 rings (SSSR count). The van der Waals surface area contributed by atoms with Crippen LogP contribution in [-0.4, -0.2) is 71.3 Å². The summed E-state index contributed by atoms with van der Waals surface area (Å²) in [4.78, 5) is 36.1. The maximum absolute atomic E-state index is 15.3. The number of carbonyl (C=O) groups is 1. The first-order valence-corrected chi connectivity index (χ1v) is 20.8. The molecule has 0 saturated carbocycles. The van der Waals surface area contributed by atoms with Gasteiger partial charge in [0.1, 0.15) is 17.4 Å². The van der Waals surface area contributed by atoms with Gasteiger partial charge in [-0.1, -0.05) is 81.4 Å². The van der Waals surface area contributed by atoms with Gasteiger partial charge in [0.05, 0.1) is 59.2 Å². The molecule has 3 aromatic heterocycles. The Morgan fingerprint density at radius 2 is 1.55 bits per heavy atom. The molecule has 11 nitrogen and oxygen atoms in total. The van der Waals surface area contributed by atoms with Crippen molar-refractivity contribution >= 4 is 63.1 Å². The van der Waals surface area contributed by atoms with Crippen LogP contribution < -0.4 is 24.7 Å². The summed E-state index contributed by atoms with van der Waals surface area (Å²) in [5.74, 6) is 0.311. The van der Waals surface area contributed by atoms with E-state index >= 15 is 4.39 Å². The molecule has 0 aliphatic carbocycles. The largest absolute Gasteiger partial charge is 0.489 e. The number of halogens is 1. The molecule has 0 spiro atoms. The smallest absolute Gasteiger partial charge is 0.412 e. The van der Waals surface area contributed by atoms with E-state index in [1.165, 1.54) is 47.3 Å². The van der Waals surface area contributed by atoms with E-state index < -0.39 is 20.2 Å². The van der Waals surface area contributed by atoms with Gasteiger partial charge in [-0.2, -0.15) is 0 Å². The zero-order valence-electron chi connectivity index (χ0n) is 31.7. The van der Waals surface area contributed by atoms with Gasteiger partial charge in [-0.15, -0.1) is 11.3 Å². The summed E-state index contributed by atoms with van der Waals surface area (Å²) in [5, 5.41) is 12.9. The molecule has 0 aliphatic rings. The average molecular weight is 789 g/mol. The van der Waals surface area contributed by atoms with Gasteiger partial charge in [-0.05, 0) is 40.0 Å². The van der Waals surface area contributed by atoms with Crippen molar-refractivity contribution in [2.45, 2.75) is 39.2 Å². The third-order valence-electron chi connectivity index (χ3n) is 9.52. The van der Waals surface area contributed by atoms with Crippen molar-refractivity contribution in [1.29, 1.82) is 0 Å². The molecular weight excluding hydrogens is 748 g/mol. The van der Waals surface area contributed by atoms with Crippen molar-refractivity contribution in [3.63, 3.8) is 0 Å². The number of fused-ring (bicyclic) bond motifs is 2. The molecule has 4 aromatic carbocycles. The summed E-state index contributed by atoms with van der Waals surface area (Å²) in [5.41, 5.74) is 3.79. The molecule has 14 heteroatoms. The number of carboxylic acid groups (broad SMARTS) is 1. The SMILES string of the molecule is COc1cnc2c(-c3nc4cc(F)c(OCCN(C(=O)O)c5cnc(CCO[Si](c6ccccc6)(c6ccccc6)C(C)(C)C)nc5)cc4s3)cc(C)cc2n1. The lowest BCUT2D eigenvalue weighted by atomic mass is 10.1. The molecule has 0 unspecified atom stereocenters. The van der Waals surface area contributed by atoms with Crippen molar-refractivity contribution in [2.75, 3.05) is 31.8 Å². The van der Waals surface area contributed by atoms with Crippen molar-refractivity contribution in [3.05, 3.63) is 121 Å². The Labute approximate surface area is 329 Å². The topological polar surface area (TPSA) is 133 Å². The summed E-state index contributed by atoms with van der Waals surface area (Å²) in [6.45, 7) is 8.80. The number of aryl methyl sites for hydroxylation is 1. The van der Waals surface area contributed by atoms with Crippen molar-refractivity contribution in [3.8, 4) is 22.2 Å². The van der Waals surface area contributed by atoms with Crippen LogP contribution in [0.3, 0.4) is 0 Å². The zero-order chi connectivity index (χ0) is 39.5. The van der Waals surface area contributed by atoms with E-state index in [0.29, 0.717) is 51.0 Å². The van der Waals surface area contributed by atoms with Crippen molar-refractivity contribution < 1.29 is 28.2 Å². The Kier molecular flexibility index (Phi) is 11.1. The van der Waals surface area contributed by atoms with Gasteiger partial charge in [0.15, 0.2) is 11.6 Å². The van der Waals surface area contributed by atoms with Crippen LogP contribution in [0.2, 0.25) is 5.04 Å². The van der Waals surface area contributed by atoms with Gasteiger partial charge in [0.25, 0.3) is 8.32 Å². The molecule has 7 aromatic rings. The first-order valence-electron chi connectivity index (χ1n) is 18.1. The number of hydrogen-bond acceptors (Lipinski definition) is 10.